The molecule has 1 aromatic heterocycles. The monoisotopic (exact) mass is 650 g/mol. The average Bonchev–Trinajstić information content (AvgIpc) is 3.09. The number of benzene rings is 2. The number of methoxy groups -OCH3 is 1. The molecule has 2 N–H and O–H groups in total. The molecule has 2 aromatic carbocycles. The fourth-order valence-electron chi connectivity index (χ4n) is 10.3. The molecule has 5 nitrogen and oxygen atoms in total. The van der Waals surface area contributed by atoms with Gasteiger partial charge in [0.1, 0.15) is 5.75 Å². The number of piperidine rings is 3. The first kappa shape index (κ1) is 32.6. The van der Waals surface area contributed by atoms with E-state index in [2.05, 4.69) is 92.3 Å². The van der Waals surface area contributed by atoms with Gasteiger partial charge in [0, 0.05) is 30.7 Å². The van der Waals surface area contributed by atoms with Crippen LogP contribution in [0.25, 0.3) is 10.9 Å². The third kappa shape index (κ3) is 5.88. The summed E-state index contributed by atoms with van der Waals surface area (Å²) < 4.78 is 5.66. The Morgan fingerprint density at radius 1 is 1.15 bits per heavy atom. The number of pyridine rings is 1. The van der Waals surface area contributed by atoms with Gasteiger partial charge in [0.05, 0.1) is 18.7 Å². The van der Waals surface area contributed by atoms with Crippen LogP contribution in [-0.2, 0) is 11.8 Å². The lowest BCUT2D eigenvalue weighted by Crippen LogP contribution is -2.59. The molecule has 6 heteroatoms. The first-order valence-electron chi connectivity index (χ1n) is 18.1. The Labute approximate surface area is 287 Å². The summed E-state index contributed by atoms with van der Waals surface area (Å²) in [6.45, 7) is 17.0. The van der Waals surface area contributed by atoms with Crippen molar-refractivity contribution in [2.24, 2.45) is 23.2 Å². The summed E-state index contributed by atoms with van der Waals surface area (Å²) in [4.78, 5) is 7.40. The predicted octanol–water partition coefficient (Wildman–Crippen LogP) is 8.48. The quantitative estimate of drug-likeness (QED) is 0.188. The maximum atomic E-state index is 6.20. The molecule has 3 aliphatic heterocycles. The number of rotatable bonds is 8. The molecule has 5 aliphatic rings. The van der Waals surface area contributed by atoms with E-state index in [1.165, 1.54) is 49.7 Å². The first-order valence-corrected chi connectivity index (χ1v) is 18.5. The minimum absolute atomic E-state index is 0.0438. The van der Waals surface area contributed by atoms with Crippen molar-refractivity contribution in [1.29, 1.82) is 0 Å². The Hall–Kier alpha value is -2.96. The van der Waals surface area contributed by atoms with Crippen LogP contribution in [0.15, 0.2) is 61.3 Å². The molecular formula is C41H54N4OS. The number of hydrogen-bond acceptors (Lipinski definition) is 4. The number of nitrogens with one attached hydrogen (secondary N) is 2. The van der Waals surface area contributed by atoms with Gasteiger partial charge in [-0.2, -0.15) is 0 Å². The minimum atomic E-state index is 0.0438. The van der Waals surface area contributed by atoms with E-state index < -0.39 is 0 Å². The third-order valence-electron chi connectivity index (χ3n) is 13.0. The summed E-state index contributed by atoms with van der Waals surface area (Å²) in [5, 5.41) is 9.61. The number of nitrogens with zero attached hydrogens (tertiary/aromatic N) is 2. The van der Waals surface area contributed by atoms with Gasteiger partial charge in [-0.25, -0.2) is 0 Å². The molecule has 8 rings (SSSR count). The first-order chi connectivity index (χ1) is 22.6. The van der Waals surface area contributed by atoms with Gasteiger partial charge in [-0.05, 0) is 138 Å². The second-order valence-corrected chi connectivity index (χ2v) is 16.3. The smallest absolute Gasteiger partial charge is 0.166 e. The Kier molecular flexibility index (Phi) is 8.88. The minimum Gasteiger partial charge on any atom is -0.497 e. The van der Waals surface area contributed by atoms with Gasteiger partial charge >= 0.3 is 0 Å². The standard InChI is InChI=1S/C41H54N4OS/c1-7-27-24-45-20-16-29(27)22-36(45)38(32-15-19-42-35-13-11-31(46-6)23-33(32)35)44-39(47)43-25-40(4)17-8-18-41(5)34-12-9-28(26(2)3)21-30(34)10-14-37(40)41/h7,9,11-13,15,19,21,23,26-27,29,36-38H,1,8,10,14,16-18,20,22,24-25H2,2-6H3,(H2,43,44,47)/t27-,29-,36+,37+,38-,40+,41-/m1/s1. The summed E-state index contributed by atoms with van der Waals surface area (Å²) >= 11 is 6.20. The molecule has 2 bridgehead atoms. The van der Waals surface area contributed by atoms with E-state index in [-0.39, 0.29) is 16.9 Å². The van der Waals surface area contributed by atoms with Crippen LogP contribution in [0.2, 0.25) is 0 Å². The fraction of sp³-hybridized carbons (Fsp3) is 0.561. The molecular weight excluding hydrogens is 597 g/mol. The van der Waals surface area contributed by atoms with Crippen LogP contribution in [0, 0.1) is 23.2 Å². The summed E-state index contributed by atoms with van der Waals surface area (Å²) in [6, 6.07) is 16.2. The highest BCUT2D eigenvalue weighted by Crippen LogP contribution is 2.57. The Morgan fingerprint density at radius 3 is 2.74 bits per heavy atom. The SMILES string of the molecule is C=C[C@@H]1CN2CC[C@@H]1C[C@H]2[C@H](NC(=S)NC[C@]1(C)CCC[C@]2(C)c3ccc(C(C)C)cc3CC[C@@H]12)c1ccnc2ccc(OC)cc12. The van der Waals surface area contributed by atoms with E-state index in [0.29, 0.717) is 29.7 Å². The maximum Gasteiger partial charge on any atom is 0.166 e. The zero-order chi connectivity index (χ0) is 32.9. The van der Waals surface area contributed by atoms with Gasteiger partial charge in [0.2, 0.25) is 0 Å². The summed E-state index contributed by atoms with van der Waals surface area (Å²) in [6.07, 6.45) is 12.7. The molecule has 47 heavy (non-hydrogen) atoms. The number of hydrogen-bond donors (Lipinski definition) is 2. The number of thiocarbonyl (C=S) groups is 1. The molecule has 250 valence electrons. The van der Waals surface area contributed by atoms with Crippen molar-refractivity contribution in [3.8, 4) is 5.75 Å². The molecule has 4 heterocycles. The predicted molar refractivity (Wildman–Crippen MR) is 198 cm³/mol. The van der Waals surface area contributed by atoms with E-state index in [9.17, 15) is 0 Å². The molecule has 4 fully saturated rings. The van der Waals surface area contributed by atoms with Gasteiger partial charge in [-0.15, -0.1) is 6.58 Å². The summed E-state index contributed by atoms with van der Waals surface area (Å²) in [5.41, 5.74) is 7.27. The number of ether oxygens (including phenoxy) is 1. The second kappa shape index (κ2) is 12.8. The van der Waals surface area contributed by atoms with Gasteiger partial charge in [0.15, 0.2) is 5.11 Å². The zero-order valence-corrected chi connectivity index (χ0v) is 30.0. The van der Waals surface area contributed by atoms with Crippen molar-refractivity contribution in [2.75, 3.05) is 26.7 Å². The lowest BCUT2D eigenvalue weighted by atomic mass is 9.49. The van der Waals surface area contributed by atoms with Gasteiger partial charge in [0.25, 0.3) is 0 Å². The highest BCUT2D eigenvalue weighted by Gasteiger charge is 2.52. The lowest BCUT2D eigenvalue weighted by Gasteiger charge is -2.56. The average molecular weight is 651 g/mol. The molecule has 3 saturated heterocycles. The zero-order valence-electron chi connectivity index (χ0n) is 29.1. The fourth-order valence-corrected chi connectivity index (χ4v) is 10.5. The number of aryl methyl sites for hydroxylation is 1. The topological polar surface area (TPSA) is 49.4 Å². The molecule has 0 spiro atoms. The van der Waals surface area contributed by atoms with Crippen molar-refractivity contribution >= 4 is 28.2 Å². The van der Waals surface area contributed by atoms with Crippen LogP contribution in [0.1, 0.15) is 100 Å². The summed E-state index contributed by atoms with van der Waals surface area (Å²) in [7, 11) is 1.73. The van der Waals surface area contributed by atoms with Crippen molar-refractivity contribution in [3.05, 3.63) is 83.6 Å². The molecule has 0 radical (unpaired) electrons. The molecule has 3 aromatic rings. The van der Waals surface area contributed by atoms with Crippen molar-refractivity contribution < 1.29 is 4.74 Å². The molecule has 8 atom stereocenters. The van der Waals surface area contributed by atoms with E-state index >= 15 is 0 Å². The number of aromatic nitrogens is 1. The molecule has 1 saturated carbocycles. The maximum absolute atomic E-state index is 6.20. The van der Waals surface area contributed by atoms with E-state index in [4.69, 9.17) is 21.9 Å². The van der Waals surface area contributed by atoms with Crippen molar-refractivity contribution in [1.82, 2.24) is 20.5 Å². The van der Waals surface area contributed by atoms with Crippen molar-refractivity contribution in [3.63, 3.8) is 0 Å². The molecule has 1 unspecified atom stereocenters. The van der Waals surface area contributed by atoms with Crippen LogP contribution >= 0.6 is 12.2 Å². The third-order valence-corrected chi connectivity index (χ3v) is 13.2. The Balaban J connectivity index is 1.14. The largest absolute Gasteiger partial charge is 0.497 e. The van der Waals surface area contributed by atoms with Crippen LogP contribution < -0.4 is 15.4 Å². The van der Waals surface area contributed by atoms with E-state index in [1.54, 1.807) is 18.2 Å². The Morgan fingerprint density at radius 2 is 2.00 bits per heavy atom. The van der Waals surface area contributed by atoms with Gasteiger partial charge < -0.3 is 15.4 Å². The van der Waals surface area contributed by atoms with Gasteiger partial charge in [-0.1, -0.05) is 58.4 Å². The van der Waals surface area contributed by atoms with Crippen LogP contribution in [0.5, 0.6) is 5.75 Å². The normalized spacial score (nSPS) is 31.9. The lowest BCUT2D eigenvalue weighted by molar-refractivity contribution is 0.00407. The van der Waals surface area contributed by atoms with Crippen LogP contribution in [0.3, 0.4) is 0 Å². The molecule has 0 amide bonds. The highest BCUT2D eigenvalue weighted by atomic mass is 32.1. The van der Waals surface area contributed by atoms with Gasteiger partial charge in [-0.3, -0.25) is 9.88 Å². The van der Waals surface area contributed by atoms with E-state index in [0.717, 1.165) is 47.8 Å². The Bertz CT molecular complexity index is 1650. The van der Waals surface area contributed by atoms with Crippen molar-refractivity contribution in [2.45, 2.75) is 96.1 Å². The van der Waals surface area contributed by atoms with Crippen LogP contribution in [0.4, 0.5) is 0 Å². The summed E-state index contributed by atoms with van der Waals surface area (Å²) in [5.74, 6) is 3.28. The van der Waals surface area contributed by atoms with E-state index in [1.807, 2.05) is 12.3 Å². The second-order valence-electron chi connectivity index (χ2n) is 15.9. The molecule has 2 aliphatic carbocycles. The van der Waals surface area contributed by atoms with Crippen LogP contribution in [-0.4, -0.2) is 47.8 Å². The number of fused-ring (bicyclic) bond motifs is 7. The highest BCUT2D eigenvalue weighted by molar-refractivity contribution is 7.80.